The Morgan fingerprint density at radius 1 is 1.12 bits per heavy atom. The minimum Gasteiger partial charge on any atom is -0.496 e. The fraction of sp³-hybridized carbons (Fsp3) is 0.167. The molecule has 6 nitrogen and oxygen atoms in total. The van der Waals surface area contributed by atoms with Gasteiger partial charge in [0, 0.05) is 6.54 Å². The van der Waals surface area contributed by atoms with E-state index < -0.39 is 5.97 Å². The molecule has 0 aliphatic carbocycles. The zero-order valence-corrected chi connectivity index (χ0v) is 13.4. The van der Waals surface area contributed by atoms with E-state index in [2.05, 4.69) is 15.3 Å². The van der Waals surface area contributed by atoms with Gasteiger partial charge in [0.25, 0.3) is 0 Å². The molecule has 3 aromatic rings. The van der Waals surface area contributed by atoms with Gasteiger partial charge in [-0.2, -0.15) is 0 Å². The first kappa shape index (κ1) is 15.7. The van der Waals surface area contributed by atoms with E-state index in [0.717, 1.165) is 5.56 Å². The summed E-state index contributed by atoms with van der Waals surface area (Å²) in [5, 5.41) is 3.22. The van der Waals surface area contributed by atoms with Crippen molar-refractivity contribution in [3.63, 3.8) is 0 Å². The highest BCUT2D eigenvalue weighted by molar-refractivity contribution is 6.04. The molecule has 24 heavy (non-hydrogen) atoms. The van der Waals surface area contributed by atoms with Gasteiger partial charge in [-0.3, -0.25) is 0 Å². The van der Waals surface area contributed by atoms with Gasteiger partial charge in [0.05, 0.1) is 25.9 Å². The molecule has 0 amide bonds. The molecule has 6 heteroatoms. The maximum Gasteiger partial charge on any atom is 0.343 e. The van der Waals surface area contributed by atoms with Crippen molar-refractivity contribution in [2.75, 3.05) is 19.5 Å². The Hall–Kier alpha value is -3.15. The summed E-state index contributed by atoms with van der Waals surface area (Å²) < 4.78 is 10.0. The number of hydrogen-bond donors (Lipinski definition) is 1. The van der Waals surface area contributed by atoms with E-state index >= 15 is 0 Å². The van der Waals surface area contributed by atoms with E-state index in [-0.39, 0.29) is 5.56 Å². The molecule has 3 rings (SSSR count). The topological polar surface area (TPSA) is 73.3 Å². The molecule has 0 bridgehead atoms. The van der Waals surface area contributed by atoms with Crippen molar-refractivity contribution >= 4 is 22.8 Å². The smallest absolute Gasteiger partial charge is 0.343 e. The van der Waals surface area contributed by atoms with Crippen molar-refractivity contribution in [2.45, 2.75) is 6.54 Å². The predicted molar refractivity (Wildman–Crippen MR) is 91.2 cm³/mol. The number of fused-ring (bicyclic) bond motifs is 1. The molecule has 0 spiro atoms. The van der Waals surface area contributed by atoms with E-state index in [4.69, 9.17) is 9.47 Å². The standard InChI is InChI=1S/C18H17N3O3/c1-23-14-9-8-13-17(16(14)18(22)24-2)20-11-15(21-13)19-10-12-6-4-3-5-7-12/h3-9,11H,10H2,1-2H3,(H,19,21). The molecule has 1 N–H and O–H groups in total. The number of methoxy groups -OCH3 is 2. The zero-order valence-electron chi connectivity index (χ0n) is 13.4. The molecule has 0 unspecified atom stereocenters. The third-order valence-corrected chi connectivity index (χ3v) is 3.60. The second-order valence-corrected chi connectivity index (χ2v) is 5.10. The number of nitrogens with zero attached hydrogens (tertiary/aromatic N) is 2. The van der Waals surface area contributed by atoms with Crippen LogP contribution < -0.4 is 10.1 Å². The number of benzene rings is 2. The van der Waals surface area contributed by atoms with Crippen LogP contribution in [-0.2, 0) is 11.3 Å². The summed E-state index contributed by atoms with van der Waals surface area (Å²) in [4.78, 5) is 20.9. The number of aromatic nitrogens is 2. The van der Waals surface area contributed by atoms with E-state index in [9.17, 15) is 4.79 Å². The Balaban J connectivity index is 1.93. The summed E-state index contributed by atoms with van der Waals surface area (Å²) in [7, 11) is 2.82. The summed E-state index contributed by atoms with van der Waals surface area (Å²) in [5.74, 6) is 0.540. The van der Waals surface area contributed by atoms with Gasteiger partial charge in [-0.15, -0.1) is 0 Å². The van der Waals surface area contributed by atoms with Gasteiger partial charge >= 0.3 is 5.97 Å². The summed E-state index contributed by atoms with van der Waals surface area (Å²) >= 11 is 0. The van der Waals surface area contributed by atoms with Gasteiger partial charge in [0.15, 0.2) is 0 Å². The Labute approximate surface area is 139 Å². The fourth-order valence-electron chi connectivity index (χ4n) is 2.41. The van der Waals surface area contributed by atoms with E-state index in [1.54, 1.807) is 18.3 Å². The van der Waals surface area contributed by atoms with Crippen molar-refractivity contribution < 1.29 is 14.3 Å². The number of nitrogens with one attached hydrogen (secondary N) is 1. The number of esters is 1. The van der Waals surface area contributed by atoms with Crippen LogP contribution in [0.4, 0.5) is 5.82 Å². The predicted octanol–water partition coefficient (Wildman–Crippen LogP) is 3.04. The number of anilines is 1. The molecule has 122 valence electrons. The monoisotopic (exact) mass is 323 g/mol. The molecule has 0 radical (unpaired) electrons. The average molecular weight is 323 g/mol. The molecule has 1 heterocycles. The minimum absolute atomic E-state index is 0.277. The SMILES string of the molecule is COC(=O)c1c(OC)ccc2nc(NCc3ccccc3)cnc12. The Morgan fingerprint density at radius 3 is 2.62 bits per heavy atom. The molecule has 0 fully saturated rings. The Morgan fingerprint density at radius 2 is 1.92 bits per heavy atom. The number of ether oxygens (including phenoxy) is 2. The summed E-state index contributed by atoms with van der Waals surface area (Å²) in [6.45, 7) is 0.640. The lowest BCUT2D eigenvalue weighted by Gasteiger charge is -2.11. The van der Waals surface area contributed by atoms with Crippen molar-refractivity contribution in [2.24, 2.45) is 0 Å². The van der Waals surface area contributed by atoms with Gasteiger partial charge in [0.1, 0.15) is 22.6 Å². The number of hydrogen-bond acceptors (Lipinski definition) is 6. The number of rotatable bonds is 5. The largest absolute Gasteiger partial charge is 0.496 e. The molecule has 0 aliphatic heterocycles. The normalized spacial score (nSPS) is 10.4. The second kappa shape index (κ2) is 6.95. The molecule has 0 aliphatic rings. The lowest BCUT2D eigenvalue weighted by atomic mass is 10.1. The third kappa shape index (κ3) is 3.12. The maximum atomic E-state index is 12.0. The number of carbonyl (C=O) groups excluding carboxylic acids is 1. The number of carbonyl (C=O) groups is 1. The van der Waals surface area contributed by atoms with Crippen LogP contribution in [0.3, 0.4) is 0 Å². The second-order valence-electron chi connectivity index (χ2n) is 5.10. The first-order chi connectivity index (χ1) is 11.7. The van der Waals surface area contributed by atoms with Crippen LogP contribution in [0.15, 0.2) is 48.7 Å². The third-order valence-electron chi connectivity index (χ3n) is 3.60. The van der Waals surface area contributed by atoms with Crippen molar-refractivity contribution in [1.82, 2.24) is 9.97 Å². The summed E-state index contributed by atoms with van der Waals surface area (Å²) in [6, 6.07) is 13.5. The van der Waals surface area contributed by atoms with Crippen LogP contribution >= 0.6 is 0 Å². The highest BCUT2D eigenvalue weighted by atomic mass is 16.5. The van der Waals surface area contributed by atoms with Gasteiger partial charge in [-0.05, 0) is 17.7 Å². The van der Waals surface area contributed by atoms with Crippen LogP contribution in [0.2, 0.25) is 0 Å². The molecule has 0 saturated carbocycles. The minimum atomic E-state index is -0.503. The van der Waals surface area contributed by atoms with E-state index in [1.807, 2.05) is 30.3 Å². The van der Waals surface area contributed by atoms with E-state index in [1.165, 1.54) is 14.2 Å². The Kier molecular flexibility index (Phi) is 4.56. The quantitative estimate of drug-likeness (QED) is 0.728. The zero-order chi connectivity index (χ0) is 16.9. The van der Waals surface area contributed by atoms with Crippen molar-refractivity contribution in [3.8, 4) is 5.75 Å². The van der Waals surface area contributed by atoms with Gasteiger partial charge in [0.2, 0.25) is 0 Å². The maximum absolute atomic E-state index is 12.0. The van der Waals surface area contributed by atoms with Gasteiger partial charge in [-0.25, -0.2) is 14.8 Å². The lowest BCUT2D eigenvalue weighted by Crippen LogP contribution is -2.07. The van der Waals surface area contributed by atoms with Crippen LogP contribution in [0.5, 0.6) is 5.75 Å². The first-order valence-corrected chi connectivity index (χ1v) is 7.43. The van der Waals surface area contributed by atoms with Gasteiger partial charge in [-0.1, -0.05) is 30.3 Å². The average Bonchev–Trinajstić information content (AvgIpc) is 2.65. The fourth-order valence-corrected chi connectivity index (χ4v) is 2.41. The first-order valence-electron chi connectivity index (χ1n) is 7.43. The highest BCUT2D eigenvalue weighted by Gasteiger charge is 2.19. The molecular weight excluding hydrogens is 306 g/mol. The highest BCUT2D eigenvalue weighted by Crippen LogP contribution is 2.27. The van der Waals surface area contributed by atoms with Crippen LogP contribution in [0, 0.1) is 0 Å². The van der Waals surface area contributed by atoms with Crippen molar-refractivity contribution in [3.05, 3.63) is 59.8 Å². The molecule has 2 aromatic carbocycles. The molecule has 1 aromatic heterocycles. The molecule has 0 atom stereocenters. The van der Waals surface area contributed by atoms with Gasteiger partial charge < -0.3 is 14.8 Å². The van der Waals surface area contributed by atoms with Crippen molar-refractivity contribution in [1.29, 1.82) is 0 Å². The van der Waals surface area contributed by atoms with Crippen LogP contribution in [-0.4, -0.2) is 30.2 Å². The van der Waals surface area contributed by atoms with Crippen LogP contribution in [0.25, 0.3) is 11.0 Å². The molecular formula is C18H17N3O3. The summed E-state index contributed by atoms with van der Waals surface area (Å²) in [6.07, 6.45) is 1.59. The van der Waals surface area contributed by atoms with Crippen LogP contribution in [0.1, 0.15) is 15.9 Å². The van der Waals surface area contributed by atoms with E-state index in [0.29, 0.717) is 29.1 Å². The molecule has 0 saturated heterocycles. The lowest BCUT2D eigenvalue weighted by molar-refractivity contribution is 0.0599. The Bertz CT molecular complexity index is 866. The summed E-state index contributed by atoms with van der Waals surface area (Å²) in [5.41, 5.74) is 2.46.